The number of hydrogen-bond donors (Lipinski definition) is 1. The number of carbonyl (C=O) groups excluding carboxylic acids is 1. The van der Waals surface area contributed by atoms with E-state index in [1.165, 1.54) is 89.0 Å². The molecule has 136 valence electrons. The molecule has 22 heavy (non-hydrogen) atoms. The first kappa shape index (κ1) is 26.8. The van der Waals surface area contributed by atoms with E-state index in [1.54, 1.807) is 0 Å². The van der Waals surface area contributed by atoms with Crippen LogP contribution in [0.1, 0.15) is 86.0 Å². The fourth-order valence-electron chi connectivity index (χ4n) is 2.64. The zero-order valence-corrected chi connectivity index (χ0v) is 17.4. The van der Waals surface area contributed by atoms with Gasteiger partial charge in [-0.25, -0.2) is 0 Å². The van der Waals surface area contributed by atoms with Gasteiger partial charge in [0.15, 0.2) is 0 Å². The summed E-state index contributed by atoms with van der Waals surface area (Å²) < 4.78 is 1.42. The average Bonchev–Trinajstić information content (AvgIpc) is 2.45. The Hall–Kier alpha value is -0.0900. The Labute approximate surface area is 150 Å². The van der Waals surface area contributed by atoms with Crippen LogP contribution < -0.4 is 22.7 Å². The third-order valence-corrected chi connectivity index (χ3v) is 3.94. The van der Waals surface area contributed by atoms with Crippen LogP contribution in [0.2, 0.25) is 0 Å². The molecular weight excluding hydrogens is 340 g/mol. The molecule has 0 aromatic rings. The lowest BCUT2D eigenvalue weighted by Gasteiger charge is -2.39. The first-order valence-corrected chi connectivity index (χ1v) is 9.09. The number of halogens is 1. The number of hydrogen-bond acceptors (Lipinski definition) is 1. The summed E-state index contributed by atoms with van der Waals surface area (Å²) in [4.78, 5) is 9.22. The van der Waals surface area contributed by atoms with Crippen molar-refractivity contribution < 1.29 is 26.3 Å². The van der Waals surface area contributed by atoms with E-state index in [0.717, 1.165) is 0 Å². The molecule has 0 heterocycles. The van der Waals surface area contributed by atoms with Crippen molar-refractivity contribution in [2.75, 3.05) is 26.2 Å². The summed E-state index contributed by atoms with van der Waals surface area (Å²) in [6.45, 7) is 16.3. The van der Waals surface area contributed by atoms with E-state index in [-0.39, 0.29) is 22.9 Å². The van der Waals surface area contributed by atoms with Gasteiger partial charge >= 0.3 is 0 Å². The predicted molar refractivity (Wildman–Crippen MR) is 94.2 cm³/mol. The van der Waals surface area contributed by atoms with Gasteiger partial charge in [0.25, 0.3) is 0 Å². The molecule has 0 radical (unpaired) electrons. The fraction of sp³-hybridized carbons (Fsp3) is 0.944. The fourth-order valence-corrected chi connectivity index (χ4v) is 2.64. The second kappa shape index (κ2) is 19.0. The minimum absolute atomic E-state index is 0. The maximum atomic E-state index is 9.22. The van der Waals surface area contributed by atoms with Crippen LogP contribution in [0.15, 0.2) is 0 Å². The topological polar surface area (TPSA) is 43.1 Å². The molecular formula is C18H41BrN2O. The standard InChI is InChI=1S/C16H36N.C2H5NO.BrH/c1-5-9-13-17(14-10-6-2,15-11-7-3)16-12-8-4;1-2(3)4;/h5-16H2,1-4H3;1H3,(H2,3,4);1H/q+1;;/p-1. The monoisotopic (exact) mass is 380 g/mol. The molecule has 0 rings (SSSR count). The lowest BCUT2D eigenvalue weighted by molar-refractivity contribution is -0.929. The first-order valence-electron chi connectivity index (χ1n) is 9.09. The average molecular weight is 381 g/mol. The van der Waals surface area contributed by atoms with Crippen molar-refractivity contribution in [1.29, 1.82) is 0 Å². The van der Waals surface area contributed by atoms with Gasteiger partial charge in [-0.15, -0.1) is 0 Å². The highest BCUT2D eigenvalue weighted by atomic mass is 79.9. The SMILES string of the molecule is CC(N)=O.CCCC[N+](CCCC)(CCCC)CCCC.[Br-]. The lowest BCUT2D eigenvalue weighted by Crippen LogP contribution is -3.00. The summed E-state index contributed by atoms with van der Waals surface area (Å²) in [6.07, 6.45) is 11.1. The summed E-state index contributed by atoms with van der Waals surface area (Å²) in [5, 5.41) is 0. The van der Waals surface area contributed by atoms with Crippen molar-refractivity contribution in [1.82, 2.24) is 0 Å². The molecule has 4 heteroatoms. The second-order valence-electron chi connectivity index (χ2n) is 6.26. The normalized spacial score (nSPS) is 10.4. The lowest BCUT2D eigenvalue weighted by atomic mass is 10.1. The van der Waals surface area contributed by atoms with Crippen LogP contribution in [-0.4, -0.2) is 36.6 Å². The molecule has 1 amide bonds. The zero-order valence-electron chi connectivity index (χ0n) is 15.8. The van der Waals surface area contributed by atoms with Crippen LogP contribution in [0.4, 0.5) is 0 Å². The molecule has 0 saturated heterocycles. The van der Waals surface area contributed by atoms with E-state index in [1.807, 2.05) is 0 Å². The van der Waals surface area contributed by atoms with Crippen molar-refractivity contribution in [3.8, 4) is 0 Å². The molecule has 0 fully saturated rings. The highest BCUT2D eigenvalue weighted by Gasteiger charge is 2.24. The largest absolute Gasteiger partial charge is 1.00 e. The van der Waals surface area contributed by atoms with Gasteiger partial charge in [-0.1, -0.05) is 53.4 Å². The van der Waals surface area contributed by atoms with Gasteiger partial charge in [-0.3, -0.25) is 4.79 Å². The van der Waals surface area contributed by atoms with Crippen LogP contribution >= 0.6 is 0 Å². The quantitative estimate of drug-likeness (QED) is 0.512. The van der Waals surface area contributed by atoms with Crippen LogP contribution in [0.25, 0.3) is 0 Å². The van der Waals surface area contributed by atoms with E-state index in [2.05, 4.69) is 33.4 Å². The van der Waals surface area contributed by atoms with E-state index >= 15 is 0 Å². The molecule has 0 saturated carbocycles. The molecule has 0 bridgehead atoms. The van der Waals surface area contributed by atoms with Crippen molar-refractivity contribution in [3.63, 3.8) is 0 Å². The predicted octanol–water partition coefficient (Wildman–Crippen LogP) is 1.50. The zero-order chi connectivity index (χ0) is 16.6. The van der Waals surface area contributed by atoms with Gasteiger partial charge < -0.3 is 27.2 Å². The highest BCUT2D eigenvalue weighted by Crippen LogP contribution is 2.16. The van der Waals surface area contributed by atoms with Crippen molar-refractivity contribution in [2.45, 2.75) is 86.0 Å². The molecule has 0 aliphatic heterocycles. The molecule has 2 N–H and O–H groups in total. The van der Waals surface area contributed by atoms with Gasteiger partial charge in [0, 0.05) is 6.92 Å². The van der Waals surface area contributed by atoms with Crippen molar-refractivity contribution in [2.24, 2.45) is 5.73 Å². The third-order valence-electron chi connectivity index (χ3n) is 3.94. The van der Waals surface area contributed by atoms with Gasteiger partial charge in [-0.05, 0) is 25.7 Å². The Bertz CT molecular complexity index is 194. The Balaban J connectivity index is -0.000000640. The molecule has 0 unspecified atom stereocenters. The first-order chi connectivity index (χ1) is 9.97. The number of unbranched alkanes of at least 4 members (excludes halogenated alkanes) is 4. The number of carbonyl (C=O) groups is 1. The van der Waals surface area contributed by atoms with Gasteiger partial charge in [-0.2, -0.15) is 0 Å². The van der Waals surface area contributed by atoms with Gasteiger partial charge in [0.1, 0.15) is 0 Å². The van der Waals surface area contributed by atoms with Crippen LogP contribution in [0.3, 0.4) is 0 Å². The summed E-state index contributed by atoms with van der Waals surface area (Å²) in [5.74, 6) is -0.333. The molecule has 3 nitrogen and oxygen atoms in total. The summed E-state index contributed by atoms with van der Waals surface area (Å²) in [7, 11) is 0. The number of quaternary nitrogens is 1. The maximum absolute atomic E-state index is 9.22. The number of nitrogens with zero attached hydrogens (tertiary/aromatic N) is 1. The molecule has 0 aromatic heterocycles. The van der Waals surface area contributed by atoms with E-state index in [4.69, 9.17) is 0 Å². The molecule has 0 atom stereocenters. The van der Waals surface area contributed by atoms with E-state index in [0.29, 0.717) is 0 Å². The Kier molecular flexibility index (Phi) is 23.1. The minimum atomic E-state index is -0.333. The molecule has 0 aliphatic carbocycles. The Morgan fingerprint density at radius 1 is 0.727 bits per heavy atom. The summed E-state index contributed by atoms with van der Waals surface area (Å²) in [6, 6.07) is 0. The van der Waals surface area contributed by atoms with Gasteiger partial charge in [0.2, 0.25) is 5.91 Å². The van der Waals surface area contributed by atoms with Crippen molar-refractivity contribution in [3.05, 3.63) is 0 Å². The maximum Gasteiger partial charge on any atom is 0.214 e. The number of rotatable bonds is 12. The van der Waals surface area contributed by atoms with Crippen LogP contribution in [-0.2, 0) is 4.79 Å². The van der Waals surface area contributed by atoms with Gasteiger partial charge in [0.05, 0.1) is 26.2 Å². The number of amides is 1. The number of nitrogens with two attached hydrogens (primary N) is 1. The summed E-state index contributed by atoms with van der Waals surface area (Å²) >= 11 is 0. The second-order valence-corrected chi connectivity index (χ2v) is 6.26. The van der Waals surface area contributed by atoms with E-state index in [9.17, 15) is 4.79 Å². The molecule has 0 aromatic carbocycles. The van der Waals surface area contributed by atoms with Crippen molar-refractivity contribution >= 4 is 5.91 Å². The smallest absolute Gasteiger partial charge is 0.214 e. The Morgan fingerprint density at radius 2 is 0.909 bits per heavy atom. The Morgan fingerprint density at radius 3 is 1.05 bits per heavy atom. The third kappa shape index (κ3) is 18.0. The number of primary amides is 1. The van der Waals surface area contributed by atoms with E-state index < -0.39 is 0 Å². The van der Waals surface area contributed by atoms with Crippen LogP contribution in [0.5, 0.6) is 0 Å². The summed E-state index contributed by atoms with van der Waals surface area (Å²) in [5.41, 5.74) is 4.47. The highest BCUT2D eigenvalue weighted by molar-refractivity contribution is 5.70. The molecule has 0 spiro atoms. The minimum Gasteiger partial charge on any atom is -1.00 e. The van der Waals surface area contributed by atoms with Crippen LogP contribution in [0, 0.1) is 0 Å². The molecule has 0 aliphatic rings.